The summed E-state index contributed by atoms with van der Waals surface area (Å²) in [4.78, 5) is 15.7. The van der Waals surface area contributed by atoms with Gasteiger partial charge < -0.3 is 19.9 Å². The number of hydrogen-bond acceptors (Lipinski definition) is 6. The van der Waals surface area contributed by atoms with Gasteiger partial charge in [0.05, 0.1) is 25.8 Å². The molecule has 0 amide bonds. The van der Waals surface area contributed by atoms with Crippen LogP contribution in [0.3, 0.4) is 0 Å². The van der Waals surface area contributed by atoms with Crippen molar-refractivity contribution in [1.29, 1.82) is 0 Å². The lowest BCUT2D eigenvalue weighted by Crippen LogP contribution is -2.35. The number of nitrogens with one attached hydrogen (secondary N) is 2. The fourth-order valence-electron chi connectivity index (χ4n) is 4.57. The first-order valence-electron chi connectivity index (χ1n) is 10.8. The molecule has 3 N–H and O–H groups in total. The van der Waals surface area contributed by atoms with Crippen LogP contribution in [0.4, 0.5) is 0 Å². The van der Waals surface area contributed by atoms with Crippen molar-refractivity contribution in [2.45, 2.75) is 51.1 Å². The Morgan fingerprint density at radius 3 is 2.68 bits per heavy atom. The first kappa shape index (κ1) is 21.6. The van der Waals surface area contributed by atoms with Gasteiger partial charge in [-0.15, -0.1) is 0 Å². The fourth-order valence-corrected chi connectivity index (χ4v) is 4.84. The van der Waals surface area contributed by atoms with Gasteiger partial charge in [-0.2, -0.15) is 0 Å². The zero-order valence-electron chi connectivity index (χ0n) is 18.0. The van der Waals surface area contributed by atoms with Crippen LogP contribution in [0.1, 0.15) is 54.8 Å². The molecule has 0 bridgehead atoms. The molecule has 1 aromatic carbocycles. The van der Waals surface area contributed by atoms with E-state index in [1.807, 2.05) is 12.1 Å². The number of aromatic amines is 1. The topological polar surface area (TPSA) is 88.5 Å². The van der Waals surface area contributed by atoms with Crippen LogP contribution in [0.2, 0.25) is 0 Å². The van der Waals surface area contributed by atoms with Crippen LogP contribution in [-0.4, -0.2) is 35.4 Å². The Hall–Kier alpha value is -2.58. The highest BCUT2D eigenvalue weighted by molar-refractivity contribution is 7.71. The lowest BCUT2D eigenvalue weighted by molar-refractivity contribution is 0.352. The summed E-state index contributed by atoms with van der Waals surface area (Å²) in [5, 5.41) is 14.5. The number of aromatic hydroxyl groups is 1. The van der Waals surface area contributed by atoms with Crippen LogP contribution in [0.25, 0.3) is 0 Å². The minimum atomic E-state index is -0.469. The highest BCUT2D eigenvalue weighted by atomic mass is 32.1. The maximum atomic E-state index is 12.9. The third kappa shape index (κ3) is 4.27. The molecule has 2 heterocycles. The normalized spacial score (nSPS) is 18.3. The first-order chi connectivity index (χ1) is 15.0. The van der Waals surface area contributed by atoms with E-state index in [1.54, 1.807) is 18.8 Å². The molecule has 166 valence electrons. The Morgan fingerprint density at radius 2 is 1.97 bits per heavy atom. The molecule has 0 saturated heterocycles. The minimum absolute atomic E-state index is 0.0784. The molecule has 1 aliphatic carbocycles. The molecule has 0 spiro atoms. The van der Waals surface area contributed by atoms with Crippen molar-refractivity contribution in [2.75, 3.05) is 20.8 Å². The van der Waals surface area contributed by atoms with E-state index < -0.39 is 6.04 Å². The van der Waals surface area contributed by atoms with Crippen molar-refractivity contribution in [1.82, 2.24) is 14.9 Å². The number of allylic oxidation sites excluding steroid dienone is 2. The summed E-state index contributed by atoms with van der Waals surface area (Å²) in [6.07, 6.45) is 8.52. The van der Waals surface area contributed by atoms with E-state index in [0.717, 1.165) is 36.8 Å². The second-order valence-corrected chi connectivity index (χ2v) is 8.44. The van der Waals surface area contributed by atoms with Crippen molar-refractivity contribution in [3.05, 3.63) is 55.6 Å². The minimum Gasteiger partial charge on any atom is -0.494 e. The van der Waals surface area contributed by atoms with Crippen molar-refractivity contribution < 1.29 is 14.6 Å². The number of methoxy groups -OCH3 is 2. The average molecular weight is 444 g/mol. The molecule has 0 fully saturated rings. The molecule has 0 unspecified atom stereocenters. The van der Waals surface area contributed by atoms with E-state index in [2.05, 4.69) is 16.4 Å². The molecule has 2 aliphatic rings. The van der Waals surface area contributed by atoms with Crippen molar-refractivity contribution >= 4 is 12.2 Å². The summed E-state index contributed by atoms with van der Waals surface area (Å²) in [5.41, 5.74) is 3.23. The smallest absolute Gasteiger partial charge is 0.260 e. The predicted octanol–water partition coefficient (Wildman–Crippen LogP) is 3.75. The Kier molecular flexibility index (Phi) is 6.48. The molecule has 0 radical (unpaired) electrons. The van der Waals surface area contributed by atoms with Gasteiger partial charge in [0, 0.05) is 13.1 Å². The van der Waals surface area contributed by atoms with Gasteiger partial charge in [0.25, 0.3) is 5.56 Å². The molecule has 7 nitrogen and oxygen atoms in total. The summed E-state index contributed by atoms with van der Waals surface area (Å²) in [6, 6.07) is 3.35. The quantitative estimate of drug-likeness (QED) is 0.465. The molecule has 1 aliphatic heterocycles. The number of aromatic nitrogens is 2. The van der Waals surface area contributed by atoms with Crippen LogP contribution in [0.5, 0.6) is 17.4 Å². The van der Waals surface area contributed by atoms with Crippen molar-refractivity contribution in [3.63, 3.8) is 0 Å². The summed E-state index contributed by atoms with van der Waals surface area (Å²) < 4.78 is 12.8. The zero-order chi connectivity index (χ0) is 22.0. The van der Waals surface area contributed by atoms with E-state index >= 15 is 0 Å². The predicted molar refractivity (Wildman–Crippen MR) is 122 cm³/mol. The Bertz CT molecular complexity index is 1120. The molecule has 31 heavy (non-hydrogen) atoms. The second kappa shape index (κ2) is 9.28. The summed E-state index contributed by atoms with van der Waals surface area (Å²) in [5.74, 6) is 1.16. The molecule has 4 rings (SSSR count). The van der Waals surface area contributed by atoms with Crippen molar-refractivity contribution in [3.8, 4) is 17.4 Å². The Morgan fingerprint density at radius 1 is 1.19 bits per heavy atom. The zero-order valence-corrected chi connectivity index (χ0v) is 18.8. The summed E-state index contributed by atoms with van der Waals surface area (Å²) in [7, 11) is 3.19. The van der Waals surface area contributed by atoms with Crippen molar-refractivity contribution in [2.24, 2.45) is 0 Å². The van der Waals surface area contributed by atoms with E-state index in [-0.39, 0.29) is 21.8 Å². The third-order valence-corrected chi connectivity index (χ3v) is 6.56. The van der Waals surface area contributed by atoms with Gasteiger partial charge in [-0.1, -0.05) is 11.6 Å². The molecule has 0 saturated carbocycles. The summed E-state index contributed by atoms with van der Waals surface area (Å²) in [6.45, 7) is 1.21. The third-order valence-electron chi connectivity index (χ3n) is 6.24. The molecule has 1 aromatic heterocycles. The number of fused-ring (bicyclic) bond motifs is 1. The Labute approximate surface area is 186 Å². The number of nitrogens with zero attached hydrogens (tertiary/aromatic N) is 1. The monoisotopic (exact) mass is 443 g/mol. The number of rotatable bonds is 6. The van der Waals surface area contributed by atoms with Crippen LogP contribution in [0, 0.1) is 4.77 Å². The number of H-pyrrole nitrogens is 1. The average Bonchev–Trinajstić information content (AvgIpc) is 2.78. The van der Waals surface area contributed by atoms with Gasteiger partial charge in [-0.3, -0.25) is 14.3 Å². The van der Waals surface area contributed by atoms with E-state index in [4.69, 9.17) is 21.7 Å². The lowest BCUT2D eigenvalue weighted by Gasteiger charge is -2.29. The van der Waals surface area contributed by atoms with Crippen LogP contribution >= 0.6 is 12.2 Å². The molecule has 8 heteroatoms. The Balaban J connectivity index is 1.74. The van der Waals surface area contributed by atoms with Gasteiger partial charge in [0.1, 0.15) is 0 Å². The summed E-state index contributed by atoms with van der Waals surface area (Å²) >= 11 is 5.38. The SMILES string of the molecule is COc1cc2c(cc1OC)[C@H](c1c(O)n(CCC3=CCCCC3)c(=S)[nH]c1=O)NCC2. The van der Waals surface area contributed by atoms with E-state index in [9.17, 15) is 9.90 Å². The van der Waals surface area contributed by atoms with Gasteiger partial charge >= 0.3 is 0 Å². The molecular weight excluding hydrogens is 414 g/mol. The van der Waals surface area contributed by atoms with Gasteiger partial charge in [0.2, 0.25) is 5.88 Å². The maximum absolute atomic E-state index is 12.9. The highest BCUT2D eigenvalue weighted by Crippen LogP contribution is 2.38. The van der Waals surface area contributed by atoms with Gasteiger partial charge in [-0.05, 0) is 74.0 Å². The van der Waals surface area contributed by atoms with Gasteiger partial charge in [0.15, 0.2) is 16.3 Å². The number of benzene rings is 1. The fraction of sp³-hybridized carbons (Fsp3) is 0.478. The standard InChI is InChI=1S/C23H29N3O4S/c1-29-17-12-15-8-10-24-20(16(15)13-18(17)30-2)19-21(27)25-23(31)26(22(19)28)11-9-14-6-4-3-5-7-14/h6,12-13,20,24,28H,3-5,7-11H2,1-2H3,(H,25,27,31)/t20-/m1/s1. The lowest BCUT2D eigenvalue weighted by atomic mass is 9.90. The second-order valence-electron chi connectivity index (χ2n) is 8.05. The van der Waals surface area contributed by atoms with E-state index in [1.165, 1.54) is 18.4 Å². The molecule has 2 aromatic rings. The first-order valence-corrected chi connectivity index (χ1v) is 11.2. The van der Waals surface area contributed by atoms with Gasteiger partial charge in [-0.25, -0.2) is 0 Å². The number of ether oxygens (including phenoxy) is 2. The van der Waals surface area contributed by atoms with Crippen LogP contribution < -0.4 is 20.3 Å². The number of hydrogen-bond donors (Lipinski definition) is 3. The maximum Gasteiger partial charge on any atom is 0.260 e. The molecule has 1 atom stereocenters. The van der Waals surface area contributed by atoms with Crippen LogP contribution in [-0.2, 0) is 13.0 Å². The highest BCUT2D eigenvalue weighted by Gasteiger charge is 2.29. The largest absolute Gasteiger partial charge is 0.494 e. The van der Waals surface area contributed by atoms with Crippen LogP contribution in [0.15, 0.2) is 28.6 Å². The molecular formula is C23H29N3O4S. The van der Waals surface area contributed by atoms with E-state index in [0.29, 0.717) is 24.6 Å².